The van der Waals surface area contributed by atoms with Crippen molar-refractivity contribution in [2.24, 2.45) is 0 Å². The van der Waals surface area contributed by atoms with E-state index in [4.69, 9.17) is 0 Å². The second-order valence-electron chi connectivity index (χ2n) is 4.38. The van der Waals surface area contributed by atoms with E-state index in [-0.39, 0.29) is 5.92 Å². The summed E-state index contributed by atoms with van der Waals surface area (Å²) in [4.78, 5) is 10.1. The van der Waals surface area contributed by atoms with Crippen LogP contribution in [-0.4, -0.2) is 22.7 Å². The van der Waals surface area contributed by atoms with Crippen molar-refractivity contribution in [1.29, 1.82) is 0 Å². The first-order chi connectivity index (χ1) is 9.18. The highest BCUT2D eigenvalue weighted by Crippen LogP contribution is 2.28. The Morgan fingerprint density at radius 1 is 0.947 bits per heavy atom. The van der Waals surface area contributed by atoms with Gasteiger partial charge in [-0.25, -0.2) is 0 Å². The Bertz CT molecular complexity index is 488. The molecule has 2 aromatic carbocycles. The lowest BCUT2D eigenvalue weighted by atomic mass is 9.86. The van der Waals surface area contributed by atoms with Gasteiger partial charge in [0, 0.05) is 10.8 Å². The van der Waals surface area contributed by atoms with Gasteiger partial charge in [-0.3, -0.25) is 10.1 Å². The van der Waals surface area contributed by atoms with Gasteiger partial charge in [-0.15, -0.1) is 0 Å². The Hall–Kier alpha value is -2.20. The fraction of sp³-hybridized carbons (Fsp3) is 0.200. The molecule has 0 aliphatic heterocycles. The second-order valence-corrected chi connectivity index (χ2v) is 4.38. The molecule has 2 rings (SSSR count). The first kappa shape index (κ1) is 13.2. The highest BCUT2D eigenvalue weighted by Gasteiger charge is 2.26. The third-order valence-electron chi connectivity index (χ3n) is 3.04. The van der Waals surface area contributed by atoms with Gasteiger partial charge in [-0.05, 0) is 11.1 Å². The zero-order valence-corrected chi connectivity index (χ0v) is 10.3. The van der Waals surface area contributed by atoms with Crippen LogP contribution in [0, 0.1) is 10.1 Å². The Balaban J connectivity index is 2.37. The van der Waals surface area contributed by atoms with Crippen LogP contribution < -0.4 is 0 Å². The fourth-order valence-electron chi connectivity index (χ4n) is 2.22. The van der Waals surface area contributed by atoms with Crippen molar-refractivity contribution in [1.82, 2.24) is 0 Å². The predicted octanol–water partition coefficient (Wildman–Crippen LogP) is 2.46. The lowest BCUT2D eigenvalue weighted by Crippen LogP contribution is -2.27. The highest BCUT2D eigenvalue weighted by molar-refractivity contribution is 5.33. The van der Waals surface area contributed by atoms with Crippen molar-refractivity contribution in [3.63, 3.8) is 0 Å². The van der Waals surface area contributed by atoms with E-state index in [1.807, 2.05) is 60.7 Å². The summed E-state index contributed by atoms with van der Waals surface area (Å²) in [5, 5.41) is 20.8. The number of benzene rings is 2. The summed E-state index contributed by atoms with van der Waals surface area (Å²) in [5.74, 6) is -0.382. The van der Waals surface area contributed by atoms with Gasteiger partial charge in [-0.1, -0.05) is 60.7 Å². The molecular weight excluding hydrogens is 242 g/mol. The van der Waals surface area contributed by atoms with Crippen molar-refractivity contribution in [3.8, 4) is 0 Å². The lowest BCUT2D eigenvalue weighted by Gasteiger charge is -2.21. The third-order valence-corrected chi connectivity index (χ3v) is 3.04. The number of aliphatic hydroxyl groups excluding tert-OH is 1. The second kappa shape index (κ2) is 6.11. The molecule has 4 heteroatoms. The molecule has 0 radical (unpaired) electrons. The Labute approximate surface area is 111 Å². The molecule has 0 aromatic heterocycles. The summed E-state index contributed by atoms with van der Waals surface area (Å²) in [6.07, 6.45) is -1.04. The average Bonchev–Trinajstić information content (AvgIpc) is 2.40. The van der Waals surface area contributed by atoms with Crippen LogP contribution in [0.25, 0.3) is 0 Å². The summed E-state index contributed by atoms with van der Waals surface area (Å²) in [7, 11) is 0. The van der Waals surface area contributed by atoms with Gasteiger partial charge in [0.1, 0.15) is 6.10 Å². The van der Waals surface area contributed by atoms with E-state index in [1.165, 1.54) is 0 Å². The molecule has 0 saturated heterocycles. The van der Waals surface area contributed by atoms with Crippen LogP contribution in [0.15, 0.2) is 60.7 Å². The molecule has 2 aromatic rings. The molecule has 4 nitrogen and oxygen atoms in total. The van der Waals surface area contributed by atoms with Crippen molar-refractivity contribution >= 4 is 0 Å². The Morgan fingerprint density at radius 2 is 1.37 bits per heavy atom. The minimum atomic E-state index is -1.04. The zero-order chi connectivity index (χ0) is 13.7. The van der Waals surface area contributed by atoms with E-state index in [9.17, 15) is 15.2 Å². The van der Waals surface area contributed by atoms with Gasteiger partial charge < -0.3 is 5.11 Å². The summed E-state index contributed by atoms with van der Waals surface area (Å²) in [6, 6.07) is 18.7. The maximum atomic E-state index is 10.6. The molecule has 1 unspecified atom stereocenters. The molecule has 0 spiro atoms. The summed E-state index contributed by atoms with van der Waals surface area (Å²) < 4.78 is 0. The fourth-order valence-corrected chi connectivity index (χ4v) is 2.22. The first-order valence-corrected chi connectivity index (χ1v) is 6.08. The van der Waals surface area contributed by atoms with E-state index < -0.39 is 17.6 Å². The molecule has 0 saturated carbocycles. The van der Waals surface area contributed by atoms with Gasteiger partial charge in [0.15, 0.2) is 0 Å². The van der Waals surface area contributed by atoms with Gasteiger partial charge in [0.25, 0.3) is 0 Å². The van der Waals surface area contributed by atoms with Crippen LogP contribution in [0.1, 0.15) is 17.0 Å². The van der Waals surface area contributed by atoms with Gasteiger partial charge in [0.2, 0.25) is 6.54 Å². The van der Waals surface area contributed by atoms with E-state index in [0.717, 1.165) is 11.1 Å². The number of hydrogen-bond donors (Lipinski definition) is 1. The molecule has 0 heterocycles. The Kier molecular flexibility index (Phi) is 4.26. The molecular formula is C15H15NO3. The topological polar surface area (TPSA) is 63.4 Å². The van der Waals surface area contributed by atoms with Crippen LogP contribution >= 0.6 is 0 Å². The maximum absolute atomic E-state index is 10.6. The van der Waals surface area contributed by atoms with Crippen LogP contribution in [-0.2, 0) is 0 Å². The molecule has 1 N–H and O–H groups in total. The highest BCUT2D eigenvalue weighted by atomic mass is 16.6. The number of rotatable bonds is 5. The third kappa shape index (κ3) is 3.39. The average molecular weight is 257 g/mol. The van der Waals surface area contributed by atoms with Gasteiger partial charge in [0.05, 0.1) is 0 Å². The lowest BCUT2D eigenvalue weighted by molar-refractivity contribution is -0.490. The van der Waals surface area contributed by atoms with Crippen LogP contribution in [0.4, 0.5) is 0 Å². The van der Waals surface area contributed by atoms with Gasteiger partial charge in [-0.2, -0.15) is 0 Å². The summed E-state index contributed by atoms with van der Waals surface area (Å²) in [5.41, 5.74) is 1.76. The Morgan fingerprint density at radius 3 is 1.74 bits per heavy atom. The molecule has 0 amide bonds. The van der Waals surface area contributed by atoms with E-state index in [1.54, 1.807) is 0 Å². The SMILES string of the molecule is O=[N+]([O-])CC(O)C(c1ccccc1)c1ccccc1. The maximum Gasteiger partial charge on any atom is 0.230 e. The normalized spacial score (nSPS) is 12.3. The number of hydrogen-bond acceptors (Lipinski definition) is 3. The van der Waals surface area contributed by atoms with Gasteiger partial charge >= 0.3 is 0 Å². The van der Waals surface area contributed by atoms with Crippen molar-refractivity contribution < 1.29 is 10.0 Å². The largest absolute Gasteiger partial charge is 0.385 e. The van der Waals surface area contributed by atoms with Crippen molar-refractivity contribution in [2.45, 2.75) is 12.0 Å². The molecule has 0 aliphatic carbocycles. The van der Waals surface area contributed by atoms with E-state index in [2.05, 4.69) is 0 Å². The molecule has 0 fully saturated rings. The zero-order valence-electron chi connectivity index (χ0n) is 10.3. The molecule has 19 heavy (non-hydrogen) atoms. The van der Waals surface area contributed by atoms with Crippen LogP contribution in [0.3, 0.4) is 0 Å². The quantitative estimate of drug-likeness (QED) is 0.661. The minimum Gasteiger partial charge on any atom is -0.385 e. The van der Waals surface area contributed by atoms with Crippen molar-refractivity contribution in [3.05, 3.63) is 81.9 Å². The van der Waals surface area contributed by atoms with E-state index in [0.29, 0.717) is 0 Å². The summed E-state index contributed by atoms with van der Waals surface area (Å²) in [6.45, 7) is -0.464. The molecule has 0 bridgehead atoms. The minimum absolute atomic E-state index is 0.382. The monoisotopic (exact) mass is 257 g/mol. The van der Waals surface area contributed by atoms with Crippen LogP contribution in [0.5, 0.6) is 0 Å². The molecule has 0 aliphatic rings. The first-order valence-electron chi connectivity index (χ1n) is 6.08. The van der Waals surface area contributed by atoms with Crippen LogP contribution in [0.2, 0.25) is 0 Å². The predicted molar refractivity (Wildman–Crippen MR) is 72.6 cm³/mol. The smallest absolute Gasteiger partial charge is 0.230 e. The summed E-state index contributed by atoms with van der Waals surface area (Å²) >= 11 is 0. The molecule has 98 valence electrons. The van der Waals surface area contributed by atoms with Crippen molar-refractivity contribution in [2.75, 3.05) is 6.54 Å². The molecule has 1 atom stereocenters. The van der Waals surface area contributed by atoms with E-state index >= 15 is 0 Å². The number of nitrogens with zero attached hydrogens (tertiary/aromatic N) is 1. The standard InChI is InChI=1S/C15H15NO3/c17-14(11-16(18)19)15(12-7-3-1-4-8-12)13-9-5-2-6-10-13/h1-10,14-15,17H,11H2. The number of aliphatic hydroxyl groups is 1. The number of nitro groups is 1.